The van der Waals surface area contributed by atoms with Crippen molar-refractivity contribution in [2.24, 2.45) is 0 Å². The van der Waals surface area contributed by atoms with Crippen LogP contribution in [-0.4, -0.2) is 48.7 Å². The zero-order valence-corrected chi connectivity index (χ0v) is 19.0. The van der Waals surface area contributed by atoms with Crippen LogP contribution < -0.4 is 10.6 Å². The first-order valence-electron chi connectivity index (χ1n) is 11.7. The average Bonchev–Trinajstić information content (AvgIpc) is 3.06. The van der Waals surface area contributed by atoms with Crippen molar-refractivity contribution < 1.29 is 23.2 Å². The predicted molar refractivity (Wildman–Crippen MR) is 123 cm³/mol. The molecule has 0 aromatic heterocycles. The van der Waals surface area contributed by atoms with Crippen molar-refractivity contribution in [1.82, 2.24) is 10.2 Å². The highest BCUT2D eigenvalue weighted by atomic mass is 19.1. The number of carbonyl (C=O) groups is 3. The molecule has 1 heterocycles. The Morgan fingerprint density at radius 2 is 1.76 bits per heavy atom. The molecule has 1 saturated heterocycles. The Bertz CT molecular complexity index is 1180. The van der Waals surface area contributed by atoms with Gasteiger partial charge in [-0.05, 0) is 81.2 Å². The van der Waals surface area contributed by atoms with Gasteiger partial charge in [0, 0.05) is 29.8 Å². The van der Waals surface area contributed by atoms with Crippen molar-refractivity contribution in [3.05, 3.63) is 64.2 Å². The lowest BCUT2D eigenvalue weighted by atomic mass is 9.64. The first kappa shape index (κ1) is 22.7. The number of nitrogens with zero attached hydrogens (tertiary/aromatic N) is 1. The topological polar surface area (TPSA) is 78.5 Å². The second-order valence-electron chi connectivity index (χ2n) is 9.71. The highest BCUT2D eigenvalue weighted by Gasteiger charge is 2.51. The fraction of sp³-hybridized carbons (Fsp3) is 0.423. The molecule has 3 aliphatic rings. The van der Waals surface area contributed by atoms with Crippen LogP contribution in [0.1, 0.15) is 63.9 Å². The molecule has 8 heteroatoms. The van der Waals surface area contributed by atoms with Gasteiger partial charge in [0.05, 0.1) is 11.0 Å². The molecule has 1 aliphatic heterocycles. The fourth-order valence-electron chi connectivity index (χ4n) is 5.41. The summed E-state index contributed by atoms with van der Waals surface area (Å²) in [5, 5.41) is 5.75. The van der Waals surface area contributed by atoms with Crippen molar-refractivity contribution in [2.45, 2.75) is 50.0 Å². The van der Waals surface area contributed by atoms with E-state index in [0.29, 0.717) is 17.3 Å². The molecule has 5 rings (SSSR count). The van der Waals surface area contributed by atoms with E-state index in [4.69, 9.17) is 0 Å². The Morgan fingerprint density at radius 1 is 1.03 bits per heavy atom. The van der Waals surface area contributed by atoms with E-state index in [9.17, 15) is 23.2 Å². The Kier molecular flexibility index (Phi) is 5.72. The van der Waals surface area contributed by atoms with Crippen molar-refractivity contribution in [3.8, 4) is 0 Å². The van der Waals surface area contributed by atoms with Crippen LogP contribution in [0.5, 0.6) is 0 Å². The SMILES string of the molecule is CN1CCC(NC(=O)c2cc(NC(=O)c3ccc(F)cc3F)cc3c2CC(=O)C32CCC2)CC1. The van der Waals surface area contributed by atoms with Crippen LogP contribution in [0.25, 0.3) is 0 Å². The number of ketones is 1. The molecule has 0 bridgehead atoms. The van der Waals surface area contributed by atoms with Gasteiger partial charge < -0.3 is 15.5 Å². The molecule has 2 aromatic rings. The number of likely N-dealkylation sites (tertiary alicyclic amines) is 1. The number of Topliss-reactive ketones (excluding diaryl/α,β-unsaturated/α-hetero) is 1. The highest BCUT2D eigenvalue weighted by Crippen LogP contribution is 2.51. The number of benzene rings is 2. The lowest BCUT2D eigenvalue weighted by Gasteiger charge is -2.38. The van der Waals surface area contributed by atoms with Crippen molar-refractivity contribution >= 4 is 23.3 Å². The quantitative estimate of drug-likeness (QED) is 0.721. The van der Waals surface area contributed by atoms with Gasteiger partial charge in [-0.2, -0.15) is 0 Å². The third-order valence-corrected chi connectivity index (χ3v) is 7.58. The number of carbonyl (C=O) groups excluding carboxylic acids is 3. The second-order valence-corrected chi connectivity index (χ2v) is 9.71. The van der Waals surface area contributed by atoms with E-state index in [2.05, 4.69) is 15.5 Å². The zero-order valence-electron chi connectivity index (χ0n) is 19.0. The van der Waals surface area contributed by atoms with Gasteiger partial charge >= 0.3 is 0 Å². The van der Waals surface area contributed by atoms with Gasteiger partial charge in [0.1, 0.15) is 17.4 Å². The van der Waals surface area contributed by atoms with Gasteiger partial charge in [-0.3, -0.25) is 14.4 Å². The van der Waals surface area contributed by atoms with E-state index in [1.807, 2.05) is 7.05 Å². The number of fused-ring (bicyclic) bond motifs is 2. The van der Waals surface area contributed by atoms with E-state index >= 15 is 0 Å². The lowest BCUT2D eigenvalue weighted by molar-refractivity contribution is -0.125. The number of rotatable bonds is 4. The molecule has 34 heavy (non-hydrogen) atoms. The molecule has 0 atom stereocenters. The Morgan fingerprint density at radius 3 is 2.41 bits per heavy atom. The minimum atomic E-state index is -0.968. The van der Waals surface area contributed by atoms with Crippen LogP contribution in [0.15, 0.2) is 30.3 Å². The van der Waals surface area contributed by atoms with Crippen molar-refractivity contribution in [2.75, 3.05) is 25.5 Å². The first-order chi connectivity index (χ1) is 16.3. The molecule has 2 N–H and O–H groups in total. The molecular weight excluding hydrogens is 440 g/mol. The minimum Gasteiger partial charge on any atom is -0.349 e. The van der Waals surface area contributed by atoms with Crippen LogP contribution in [0, 0.1) is 11.6 Å². The Labute approximate surface area is 196 Å². The smallest absolute Gasteiger partial charge is 0.258 e. The number of anilines is 1. The van der Waals surface area contributed by atoms with Gasteiger partial charge in [0.2, 0.25) is 0 Å². The summed E-state index contributed by atoms with van der Waals surface area (Å²) in [6.07, 6.45) is 4.25. The second kappa shape index (κ2) is 8.58. The monoisotopic (exact) mass is 467 g/mol. The summed E-state index contributed by atoms with van der Waals surface area (Å²) in [4.78, 5) is 41.2. The van der Waals surface area contributed by atoms with Crippen LogP contribution in [0.4, 0.5) is 14.5 Å². The molecule has 0 unspecified atom stereocenters. The molecule has 0 radical (unpaired) electrons. The summed E-state index contributed by atoms with van der Waals surface area (Å²) in [5.41, 5.74) is 1.31. The van der Waals surface area contributed by atoms with Gasteiger partial charge in [-0.15, -0.1) is 0 Å². The van der Waals surface area contributed by atoms with Crippen LogP contribution >= 0.6 is 0 Å². The zero-order chi connectivity index (χ0) is 24.0. The van der Waals surface area contributed by atoms with Crippen LogP contribution in [0.2, 0.25) is 0 Å². The summed E-state index contributed by atoms with van der Waals surface area (Å²) in [6, 6.07) is 6.10. The van der Waals surface area contributed by atoms with Gasteiger partial charge in [0.15, 0.2) is 0 Å². The van der Waals surface area contributed by atoms with Crippen molar-refractivity contribution in [3.63, 3.8) is 0 Å². The van der Waals surface area contributed by atoms with Crippen LogP contribution in [0.3, 0.4) is 0 Å². The summed E-state index contributed by atoms with van der Waals surface area (Å²) >= 11 is 0. The van der Waals surface area contributed by atoms with E-state index in [1.165, 1.54) is 0 Å². The number of amides is 2. The molecule has 1 spiro atoms. The Hall–Kier alpha value is -3.13. The molecule has 2 aliphatic carbocycles. The standard InChI is InChI=1S/C26H27F2N3O3/c1-31-9-5-16(6-10-31)29-25(34)20-12-17(30-24(33)18-4-3-15(27)11-22(18)28)13-21-19(20)14-23(32)26(21)7-2-8-26/h3-4,11-13,16H,2,5-10,14H2,1H3,(H,29,34)(H,30,33). The van der Waals surface area contributed by atoms with E-state index in [-0.39, 0.29) is 29.7 Å². The molecule has 2 amide bonds. The van der Waals surface area contributed by atoms with Gasteiger partial charge in [0.25, 0.3) is 11.8 Å². The largest absolute Gasteiger partial charge is 0.349 e. The van der Waals surface area contributed by atoms with Gasteiger partial charge in [-0.1, -0.05) is 6.42 Å². The molecule has 2 aromatic carbocycles. The summed E-state index contributed by atoms with van der Waals surface area (Å²) < 4.78 is 27.4. The Balaban J connectivity index is 1.47. The minimum absolute atomic E-state index is 0.0423. The van der Waals surface area contributed by atoms with E-state index < -0.39 is 23.0 Å². The maximum atomic E-state index is 14.1. The molecule has 6 nitrogen and oxygen atoms in total. The fourth-order valence-corrected chi connectivity index (χ4v) is 5.41. The van der Waals surface area contributed by atoms with E-state index in [0.717, 1.165) is 68.5 Å². The maximum Gasteiger partial charge on any atom is 0.258 e. The average molecular weight is 468 g/mol. The maximum absolute atomic E-state index is 14.1. The summed E-state index contributed by atoms with van der Waals surface area (Å²) in [7, 11) is 2.05. The van der Waals surface area contributed by atoms with Gasteiger partial charge in [-0.25, -0.2) is 8.78 Å². The molecule has 178 valence electrons. The predicted octanol–water partition coefficient (Wildman–Crippen LogP) is 3.59. The number of hydrogen-bond acceptors (Lipinski definition) is 4. The molecular formula is C26H27F2N3O3. The number of halogens is 2. The lowest BCUT2D eigenvalue weighted by Crippen LogP contribution is -2.43. The third-order valence-electron chi connectivity index (χ3n) is 7.58. The summed E-state index contributed by atoms with van der Waals surface area (Å²) in [5.74, 6) is -2.64. The number of nitrogens with one attached hydrogen (secondary N) is 2. The van der Waals surface area contributed by atoms with Crippen molar-refractivity contribution in [1.29, 1.82) is 0 Å². The third kappa shape index (κ3) is 3.90. The number of hydrogen-bond donors (Lipinski definition) is 2. The normalized spacial score (nSPS) is 19.6. The summed E-state index contributed by atoms with van der Waals surface area (Å²) in [6.45, 7) is 1.79. The van der Waals surface area contributed by atoms with Crippen LogP contribution in [-0.2, 0) is 16.6 Å². The first-order valence-corrected chi connectivity index (χ1v) is 11.7. The number of piperidine rings is 1. The van der Waals surface area contributed by atoms with E-state index in [1.54, 1.807) is 12.1 Å². The molecule has 2 fully saturated rings. The highest BCUT2D eigenvalue weighted by molar-refractivity contribution is 6.08. The molecule has 1 saturated carbocycles.